The molecule has 4 unspecified atom stereocenters. The molecule has 2 aromatic rings. The van der Waals surface area contributed by atoms with E-state index in [1.54, 1.807) is 6.92 Å². The summed E-state index contributed by atoms with van der Waals surface area (Å²) in [4.78, 5) is 9.50. The molecule has 0 amide bonds. The van der Waals surface area contributed by atoms with Crippen LogP contribution in [0.1, 0.15) is 64.9 Å². The van der Waals surface area contributed by atoms with Crippen molar-refractivity contribution in [2.75, 3.05) is 11.6 Å². The number of benzene rings is 1. The molecule has 4 atom stereocenters. The first-order valence-electron chi connectivity index (χ1n) is 14.0. The van der Waals surface area contributed by atoms with E-state index in [1.165, 1.54) is 23.4 Å². The van der Waals surface area contributed by atoms with E-state index in [1.807, 2.05) is 13.8 Å². The van der Waals surface area contributed by atoms with E-state index in [-0.39, 0.29) is 33.8 Å². The number of nitrogens with one attached hydrogen (secondary N) is 2. The minimum absolute atomic E-state index is 0.0274. The van der Waals surface area contributed by atoms with Crippen molar-refractivity contribution in [3.05, 3.63) is 35.9 Å². The number of nitrogens with zero attached hydrogens (tertiary/aromatic N) is 3. The molecule has 1 aromatic heterocycles. The Balaban J connectivity index is 1.50. The summed E-state index contributed by atoms with van der Waals surface area (Å²) in [6.07, 6.45) is -1.22. The first-order chi connectivity index (χ1) is 19.8. The molecule has 2 fully saturated rings. The highest BCUT2D eigenvalue weighted by Gasteiger charge is 2.54. The lowest BCUT2D eigenvalue weighted by molar-refractivity contribution is -0.294. The minimum atomic E-state index is -4.55. The van der Waals surface area contributed by atoms with Gasteiger partial charge in [-0.25, -0.2) is 22.8 Å². The maximum atomic E-state index is 14.7. The van der Waals surface area contributed by atoms with E-state index in [9.17, 15) is 26.0 Å². The van der Waals surface area contributed by atoms with Crippen LogP contribution in [0.15, 0.2) is 29.4 Å². The number of fused-ring (bicyclic) bond motifs is 2. The molecule has 232 valence electrons. The van der Waals surface area contributed by atoms with Crippen molar-refractivity contribution < 1.29 is 35.5 Å². The fourth-order valence-corrected chi connectivity index (χ4v) is 6.68. The summed E-state index contributed by atoms with van der Waals surface area (Å²) in [6, 6.07) is 2.57. The number of hydrogen-bond donors (Lipinski definition) is 2. The number of alkyl halides is 3. The predicted octanol–water partition coefficient (Wildman–Crippen LogP) is 5.86. The van der Waals surface area contributed by atoms with Crippen LogP contribution in [0.3, 0.4) is 0 Å². The number of ether oxygens (including phenoxy) is 2. The van der Waals surface area contributed by atoms with Gasteiger partial charge in [0.25, 0.3) is 0 Å². The smallest absolute Gasteiger partial charge is 0.428 e. The molecule has 0 aliphatic carbocycles. The molecule has 2 N–H and O–H groups in total. The molecule has 2 aliphatic heterocycles. The van der Waals surface area contributed by atoms with Crippen molar-refractivity contribution >= 4 is 27.6 Å². The quantitative estimate of drug-likeness (QED) is 0.225. The van der Waals surface area contributed by atoms with Gasteiger partial charge in [0, 0.05) is 37.4 Å². The Morgan fingerprint density at radius 3 is 2.33 bits per heavy atom. The van der Waals surface area contributed by atoms with Crippen molar-refractivity contribution in [1.29, 1.82) is 5.41 Å². The topological polar surface area (TPSA) is 118 Å². The number of piperidine rings is 1. The van der Waals surface area contributed by atoms with E-state index in [0.717, 1.165) is 31.4 Å². The lowest BCUT2D eigenvalue weighted by Crippen LogP contribution is -2.58. The van der Waals surface area contributed by atoms with Gasteiger partial charge in [-0.3, -0.25) is 4.90 Å². The number of rotatable bonds is 12. The van der Waals surface area contributed by atoms with Crippen LogP contribution in [0.4, 0.5) is 29.1 Å². The highest BCUT2D eigenvalue weighted by Crippen LogP contribution is 2.43. The Labute approximate surface area is 243 Å². The van der Waals surface area contributed by atoms with E-state index < -0.39 is 52.4 Å². The van der Waals surface area contributed by atoms with Crippen LogP contribution >= 0.6 is 0 Å². The van der Waals surface area contributed by atoms with Gasteiger partial charge in [0.15, 0.2) is 9.84 Å². The molecule has 2 aliphatic rings. The van der Waals surface area contributed by atoms with Crippen LogP contribution in [0.5, 0.6) is 5.88 Å². The van der Waals surface area contributed by atoms with Gasteiger partial charge in [0.1, 0.15) is 24.1 Å². The van der Waals surface area contributed by atoms with Crippen molar-refractivity contribution in [3.8, 4) is 5.88 Å². The molecular weight excluding hydrogens is 578 g/mol. The van der Waals surface area contributed by atoms with E-state index in [2.05, 4.69) is 15.3 Å². The highest BCUT2D eigenvalue weighted by molar-refractivity contribution is 7.90. The van der Waals surface area contributed by atoms with E-state index in [0.29, 0.717) is 25.7 Å². The first kappa shape index (κ1) is 32.1. The van der Waals surface area contributed by atoms with Crippen LogP contribution in [-0.2, 0) is 14.6 Å². The highest BCUT2D eigenvalue weighted by atomic mass is 32.2. The molecule has 42 heavy (non-hydrogen) atoms. The molecule has 4 rings (SSSR count). The zero-order chi connectivity index (χ0) is 30.8. The van der Waals surface area contributed by atoms with Gasteiger partial charge in [-0.1, -0.05) is 26.7 Å². The fraction of sp³-hybridized carbons (Fsp3) is 0.607. The summed E-state index contributed by atoms with van der Waals surface area (Å²) in [6.45, 7) is 5.61. The average molecular weight is 616 g/mol. The summed E-state index contributed by atoms with van der Waals surface area (Å²) in [5, 5.41) is 10.7. The SMILES string of the molecule is CCC(CC)C(C)OC(N1C2CCC1CC(Oc1ncnc(Nc3ccc(S(C)(=O)=O)cc3F)c1C=N)C2)C(F)(F)F. The van der Waals surface area contributed by atoms with Crippen LogP contribution in [-0.4, -0.2) is 72.5 Å². The normalized spacial score (nSPS) is 22.6. The van der Waals surface area contributed by atoms with E-state index >= 15 is 0 Å². The lowest BCUT2D eigenvalue weighted by atomic mass is 9.97. The zero-order valence-corrected chi connectivity index (χ0v) is 24.8. The number of hydrogen-bond acceptors (Lipinski definition) is 9. The van der Waals surface area contributed by atoms with Gasteiger partial charge in [0.05, 0.1) is 22.3 Å². The monoisotopic (exact) mass is 615 g/mol. The van der Waals surface area contributed by atoms with Gasteiger partial charge in [-0.15, -0.1) is 0 Å². The number of sulfone groups is 1. The average Bonchev–Trinajstić information content (AvgIpc) is 3.16. The summed E-state index contributed by atoms with van der Waals surface area (Å²) in [5.74, 6) is -0.708. The Hall–Kier alpha value is -2.84. The molecule has 2 saturated heterocycles. The second-order valence-electron chi connectivity index (χ2n) is 11.0. The van der Waals surface area contributed by atoms with Crippen molar-refractivity contribution in [2.45, 2.75) is 101 Å². The van der Waals surface area contributed by atoms with Crippen LogP contribution in [0.2, 0.25) is 0 Å². The number of halogens is 4. The summed E-state index contributed by atoms with van der Waals surface area (Å²) in [7, 11) is -3.61. The molecule has 0 saturated carbocycles. The molecule has 1 aromatic carbocycles. The maximum Gasteiger partial charge on any atom is 0.428 e. The third-order valence-electron chi connectivity index (χ3n) is 8.25. The van der Waals surface area contributed by atoms with Crippen LogP contribution in [0.25, 0.3) is 0 Å². The Morgan fingerprint density at radius 2 is 1.81 bits per heavy atom. The van der Waals surface area contributed by atoms with Crippen molar-refractivity contribution in [2.24, 2.45) is 5.92 Å². The number of anilines is 2. The minimum Gasteiger partial charge on any atom is -0.474 e. The Bertz CT molecular complexity index is 1360. The predicted molar refractivity (Wildman–Crippen MR) is 149 cm³/mol. The van der Waals surface area contributed by atoms with Gasteiger partial charge in [-0.05, 0) is 43.9 Å². The molecule has 9 nitrogen and oxygen atoms in total. The van der Waals surface area contributed by atoms with Gasteiger partial charge in [0.2, 0.25) is 12.1 Å². The second-order valence-corrected chi connectivity index (χ2v) is 13.0. The molecule has 0 radical (unpaired) electrons. The third kappa shape index (κ3) is 7.03. The van der Waals surface area contributed by atoms with Crippen molar-refractivity contribution in [3.63, 3.8) is 0 Å². The Kier molecular flexibility index (Phi) is 9.78. The fourth-order valence-electron chi connectivity index (χ4n) is 6.04. The van der Waals surface area contributed by atoms with E-state index in [4.69, 9.17) is 14.9 Å². The summed E-state index contributed by atoms with van der Waals surface area (Å²) < 4.78 is 92.8. The Morgan fingerprint density at radius 1 is 1.17 bits per heavy atom. The van der Waals surface area contributed by atoms with Gasteiger partial charge in [-0.2, -0.15) is 13.2 Å². The molecule has 0 spiro atoms. The maximum absolute atomic E-state index is 14.7. The standard InChI is InChI=1S/C28H37F4N5O4S/c1-5-17(6-2)16(3)40-27(28(30,31)32)37-18-7-8-19(37)12-20(11-18)41-26-22(14-33)25(34-15-35-26)36-24-10-9-21(13-23(24)29)42(4,38)39/h9-10,13-20,27,33H,5-8,11-12H2,1-4H3,(H,34,35,36). The summed E-state index contributed by atoms with van der Waals surface area (Å²) in [5.41, 5.74) is 0.0525. The second kappa shape index (κ2) is 12.8. The lowest BCUT2D eigenvalue weighted by Gasteiger charge is -2.44. The molecular formula is C28H37F4N5O4S. The van der Waals surface area contributed by atoms with Crippen molar-refractivity contribution in [1.82, 2.24) is 14.9 Å². The molecule has 3 heterocycles. The number of aromatic nitrogens is 2. The molecule has 14 heteroatoms. The van der Waals surface area contributed by atoms with Gasteiger partial charge >= 0.3 is 6.18 Å². The van der Waals surface area contributed by atoms with Gasteiger partial charge < -0.3 is 20.2 Å². The molecule has 2 bridgehead atoms. The third-order valence-corrected chi connectivity index (χ3v) is 9.36. The zero-order valence-electron chi connectivity index (χ0n) is 24.0. The van der Waals surface area contributed by atoms with Crippen LogP contribution in [0, 0.1) is 17.1 Å². The first-order valence-corrected chi connectivity index (χ1v) is 15.9. The van der Waals surface area contributed by atoms with Crippen LogP contribution < -0.4 is 10.1 Å². The largest absolute Gasteiger partial charge is 0.474 e. The summed E-state index contributed by atoms with van der Waals surface area (Å²) >= 11 is 0.